The first-order valence-corrected chi connectivity index (χ1v) is 6.13. The van der Waals surface area contributed by atoms with E-state index in [1.165, 1.54) is 5.69 Å². The van der Waals surface area contributed by atoms with Gasteiger partial charge in [-0.25, -0.2) is 0 Å². The molecule has 1 heterocycles. The molecule has 0 radical (unpaired) electrons. The van der Waals surface area contributed by atoms with E-state index >= 15 is 0 Å². The molecule has 0 aromatic heterocycles. The molecular formula is C14H21NO. The Morgan fingerprint density at radius 1 is 1.06 bits per heavy atom. The van der Waals surface area contributed by atoms with E-state index in [0.717, 1.165) is 6.54 Å². The maximum absolute atomic E-state index is 5.83. The van der Waals surface area contributed by atoms with Crippen LogP contribution < -0.4 is 5.32 Å². The van der Waals surface area contributed by atoms with Gasteiger partial charge in [-0.05, 0) is 31.9 Å². The monoisotopic (exact) mass is 219 g/mol. The lowest BCUT2D eigenvalue weighted by atomic mass is 9.89. The molecule has 2 rings (SSSR count). The summed E-state index contributed by atoms with van der Waals surface area (Å²) in [5.41, 5.74) is 1.20. The summed E-state index contributed by atoms with van der Waals surface area (Å²) < 4.78 is 5.83. The molecule has 1 aromatic rings. The van der Waals surface area contributed by atoms with E-state index < -0.39 is 0 Å². The predicted octanol–water partition coefficient (Wildman–Crippen LogP) is 3.16. The third-order valence-electron chi connectivity index (χ3n) is 3.76. The van der Waals surface area contributed by atoms with Crippen LogP contribution in [0.1, 0.15) is 20.8 Å². The number of nitrogens with one attached hydrogen (secondary N) is 1. The Morgan fingerprint density at radius 3 is 2.31 bits per heavy atom. The number of ether oxygens (including phenoxy) is 1. The van der Waals surface area contributed by atoms with Crippen molar-refractivity contribution in [2.45, 2.75) is 33.0 Å². The van der Waals surface area contributed by atoms with Gasteiger partial charge in [0.1, 0.15) is 0 Å². The van der Waals surface area contributed by atoms with E-state index in [1.807, 2.05) is 6.07 Å². The molecule has 1 N–H and O–H groups in total. The summed E-state index contributed by atoms with van der Waals surface area (Å²) in [6.07, 6.45) is 0.749. The molecule has 0 spiro atoms. The van der Waals surface area contributed by atoms with Gasteiger partial charge >= 0.3 is 0 Å². The zero-order valence-electron chi connectivity index (χ0n) is 10.3. The van der Waals surface area contributed by atoms with Crippen molar-refractivity contribution in [3.63, 3.8) is 0 Å². The highest BCUT2D eigenvalue weighted by Crippen LogP contribution is 2.32. The fraction of sp³-hybridized carbons (Fsp3) is 0.571. The summed E-state index contributed by atoms with van der Waals surface area (Å²) in [6, 6.07) is 10.4. The average molecular weight is 219 g/mol. The zero-order chi connectivity index (χ0) is 11.5. The van der Waals surface area contributed by atoms with Crippen molar-refractivity contribution in [1.82, 2.24) is 0 Å². The number of hydrogen-bond acceptors (Lipinski definition) is 2. The smallest absolute Gasteiger partial charge is 0.0599 e. The highest BCUT2D eigenvalue weighted by molar-refractivity contribution is 5.42. The number of anilines is 1. The second-order valence-corrected chi connectivity index (χ2v) is 4.82. The lowest BCUT2D eigenvalue weighted by molar-refractivity contribution is 0.0520. The first-order valence-electron chi connectivity index (χ1n) is 6.13. The minimum atomic E-state index is 0.362. The van der Waals surface area contributed by atoms with Crippen molar-refractivity contribution in [2.24, 2.45) is 11.8 Å². The van der Waals surface area contributed by atoms with Crippen molar-refractivity contribution in [1.29, 1.82) is 0 Å². The van der Waals surface area contributed by atoms with Gasteiger partial charge in [0.25, 0.3) is 0 Å². The lowest BCUT2D eigenvalue weighted by Crippen LogP contribution is -2.25. The van der Waals surface area contributed by atoms with Crippen molar-refractivity contribution < 1.29 is 4.74 Å². The van der Waals surface area contributed by atoms with Gasteiger partial charge in [0.2, 0.25) is 0 Å². The van der Waals surface area contributed by atoms with Gasteiger partial charge in [-0.15, -0.1) is 0 Å². The number of para-hydroxylation sites is 1. The van der Waals surface area contributed by atoms with E-state index in [-0.39, 0.29) is 0 Å². The second-order valence-electron chi connectivity index (χ2n) is 4.82. The Hall–Kier alpha value is -1.02. The van der Waals surface area contributed by atoms with Gasteiger partial charge in [-0.3, -0.25) is 0 Å². The van der Waals surface area contributed by atoms with Crippen LogP contribution in [0.3, 0.4) is 0 Å². The third kappa shape index (κ3) is 2.38. The maximum Gasteiger partial charge on any atom is 0.0599 e. The standard InChI is InChI=1S/C14H21NO/c1-10-11(2)16-12(3)14(10)9-15-13-7-5-4-6-8-13/h4-8,10-12,14-15H,9H2,1-3H3. The molecule has 0 saturated carbocycles. The maximum atomic E-state index is 5.83. The van der Waals surface area contributed by atoms with Gasteiger partial charge in [0.05, 0.1) is 12.2 Å². The van der Waals surface area contributed by atoms with Crippen LogP contribution in [0.15, 0.2) is 30.3 Å². The fourth-order valence-electron chi connectivity index (χ4n) is 2.48. The Balaban J connectivity index is 1.91. The summed E-state index contributed by atoms with van der Waals surface area (Å²) in [4.78, 5) is 0. The van der Waals surface area contributed by atoms with Gasteiger partial charge in [-0.2, -0.15) is 0 Å². The van der Waals surface area contributed by atoms with Crippen LogP contribution in [-0.4, -0.2) is 18.8 Å². The highest BCUT2D eigenvalue weighted by Gasteiger charge is 2.36. The lowest BCUT2D eigenvalue weighted by Gasteiger charge is -2.19. The Labute approximate surface area is 98.0 Å². The van der Waals surface area contributed by atoms with Crippen LogP contribution in [0.25, 0.3) is 0 Å². The average Bonchev–Trinajstić information content (AvgIpc) is 2.53. The molecule has 2 nitrogen and oxygen atoms in total. The van der Waals surface area contributed by atoms with E-state index in [9.17, 15) is 0 Å². The number of rotatable bonds is 3. The number of hydrogen-bond donors (Lipinski definition) is 1. The third-order valence-corrected chi connectivity index (χ3v) is 3.76. The van der Waals surface area contributed by atoms with E-state index in [4.69, 9.17) is 4.74 Å². The molecule has 4 atom stereocenters. The summed E-state index contributed by atoms with van der Waals surface area (Å²) >= 11 is 0. The fourth-order valence-corrected chi connectivity index (χ4v) is 2.48. The van der Waals surface area contributed by atoms with Gasteiger partial charge in [0, 0.05) is 18.2 Å². The molecule has 1 aromatic carbocycles. The number of benzene rings is 1. The van der Waals surface area contributed by atoms with Crippen LogP contribution in [0, 0.1) is 11.8 Å². The van der Waals surface area contributed by atoms with Crippen molar-refractivity contribution in [3.8, 4) is 0 Å². The Kier molecular flexibility index (Phi) is 3.49. The molecule has 1 aliphatic heterocycles. The molecule has 88 valence electrons. The molecule has 1 aliphatic rings. The Morgan fingerprint density at radius 2 is 1.75 bits per heavy atom. The molecule has 1 saturated heterocycles. The quantitative estimate of drug-likeness (QED) is 0.843. The summed E-state index contributed by atoms with van der Waals surface area (Å²) in [5, 5.41) is 3.49. The largest absolute Gasteiger partial charge is 0.385 e. The second kappa shape index (κ2) is 4.88. The van der Waals surface area contributed by atoms with E-state index in [1.54, 1.807) is 0 Å². The van der Waals surface area contributed by atoms with Crippen LogP contribution >= 0.6 is 0 Å². The summed E-state index contributed by atoms with van der Waals surface area (Å²) in [5.74, 6) is 1.24. The molecule has 4 unspecified atom stereocenters. The molecular weight excluding hydrogens is 198 g/mol. The first kappa shape index (κ1) is 11.5. The van der Waals surface area contributed by atoms with Gasteiger partial charge in [0.15, 0.2) is 0 Å². The minimum absolute atomic E-state index is 0.362. The van der Waals surface area contributed by atoms with Crippen molar-refractivity contribution in [3.05, 3.63) is 30.3 Å². The van der Waals surface area contributed by atoms with Crippen LogP contribution in [0.4, 0.5) is 5.69 Å². The van der Waals surface area contributed by atoms with Crippen LogP contribution in [0.2, 0.25) is 0 Å². The van der Waals surface area contributed by atoms with Crippen molar-refractivity contribution >= 4 is 5.69 Å². The van der Waals surface area contributed by atoms with Crippen LogP contribution in [0.5, 0.6) is 0 Å². The van der Waals surface area contributed by atoms with E-state index in [0.29, 0.717) is 24.0 Å². The predicted molar refractivity (Wildman–Crippen MR) is 67.6 cm³/mol. The molecule has 16 heavy (non-hydrogen) atoms. The SMILES string of the molecule is CC1OC(C)C(CNc2ccccc2)C1C. The molecule has 0 aliphatic carbocycles. The molecule has 2 heteroatoms. The zero-order valence-corrected chi connectivity index (χ0v) is 10.3. The normalized spacial score (nSPS) is 33.9. The molecule has 0 bridgehead atoms. The van der Waals surface area contributed by atoms with Gasteiger partial charge in [-0.1, -0.05) is 25.1 Å². The topological polar surface area (TPSA) is 21.3 Å². The highest BCUT2D eigenvalue weighted by atomic mass is 16.5. The first-order chi connectivity index (χ1) is 7.68. The minimum Gasteiger partial charge on any atom is -0.385 e. The summed E-state index contributed by atoms with van der Waals surface area (Å²) in [7, 11) is 0. The van der Waals surface area contributed by atoms with Gasteiger partial charge < -0.3 is 10.1 Å². The van der Waals surface area contributed by atoms with Crippen molar-refractivity contribution in [2.75, 3.05) is 11.9 Å². The summed E-state index contributed by atoms with van der Waals surface area (Å²) in [6.45, 7) is 7.63. The molecule has 0 amide bonds. The Bertz CT molecular complexity index is 325. The van der Waals surface area contributed by atoms with E-state index in [2.05, 4.69) is 50.4 Å². The molecule has 1 fully saturated rings. The van der Waals surface area contributed by atoms with Crippen LogP contribution in [-0.2, 0) is 4.74 Å².